The summed E-state index contributed by atoms with van der Waals surface area (Å²) in [6, 6.07) is 0.0885. The van der Waals surface area contributed by atoms with E-state index in [-0.39, 0.29) is 18.1 Å². The summed E-state index contributed by atoms with van der Waals surface area (Å²) in [5.74, 6) is 0.625. The largest absolute Gasteiger partial charge is 0.391 e. The summed E-state index contributed by atoms with van der Waals surface area (Å²) in [7, 11) is 1.82. The van der Waals surface area contributed by atoms with Crippen molar-refractivity contribution in [2.24, 2.45) is 5.92 Å². The first kappa shape index (κ1) is 9.97. The van der Waals surface area contributed by atoms with Crippen molar-refractivity contribution in [3.05, 3.63) is 0 Å². The highest BCUT2D eigenvalue weighted by Crippen LogP contribution is 2.33. The molecular weight excluding hydrogens is 178 g/mol. The Labute approximate surface area is 85.1 Å². The fraction of sp³-hybridized carbons (Fsp3) is 0.909. The first-order valence-corrected chi connectivity index (χ1v) is 5.64. The van der Waals surface area contributed by atoms with Gasteiger partial charge in [0.05, 0.1) is 12.1 Å². The number of carbonyl (C=O) groups excluding carboxylic acids is 1. The molecule has 3 heteroatoms. The van der Waals surface area contributed by atoms with E-state index >= 15 is 0 Å². The van der Waals surface area contributed by atoms with Gasteiger partial charge in [0.1, 0.15) is 0 Å². The highest BCUT2D eigenvalue weighted by molar-refractivity contribution is 5.78. The van der Waals surface area contributed by atoms with Gasteiger partial charge in [-0.2, -0.15) is 0 Å². The summed E-state index contributed by atoms with van der Waals surface area (Å²) in [5.41, 5.74) is 0. The average molecular weight is 197 g/mol. The van der Waals surface area contributed by atoms with E-state index in [9.17, 15) is 9.90 Å². The van der Waals surface area contributed by atoms with Crippen LogP contribution in [0.5, 0.6) is 0 Å². The Balaban J connectivity index is 1.97. The smallest absolute Gasteiger partial charge is 0.222 e. The first-order chi connectivity index (χ1) is 6.70. The Bertz CT molecular complexity index is 223. The Morgan fingerprint density at radius 1 is 1.36 bits per heavy atom. The molecule has 1 N–H and O–H groups in total. The molecule has 80 valence electrons. The normalized spacial score (nSPS) is 31.4. The van der Waals surface area contributed by atoms with E-state index in [0.717, 1.165) is 19.3 Å². The standard InChI is InChI=1S/C11H19NO2/c1-12-9(6-7-10(12)13)11(14)8-4-2-3-5-8/h8-9,11,14H,2-7H2,1H3. The van der Waals surface area contributed by atoms with Crippen LogP contribution in [0.1, 0.15) is 38.5 Å². The van der Waals surface area contributed by atoms with E-state index in [0.29, 0.717) is 12.3 Å². The van der Waals surface area contributed by atoms with Crippen LogP contribution in [-0.2, 0) is 4.79 Å². The molecule has 1 amide bonds. The van der Waals surface area contributed by atoms with E-state index < -0.39 is 0 Å². The van der Waals surface area contributed by atoms with Gasteiger partial charge in [0.2, 0.25) is 5.91 Å². The lowest BCUT2D eigenvalue weighted by Gasteiger charge is -2.29. The fourth-order valence-electron chi connectivity index (χ4n) is 2.84. The van der Waals surface area contributed by atoms with Crippen molar-refractivity contribution < 1.29 is 9.90 Å². The second kappa shape index (κ2) is 3.89. The summed E-state index contributed by atoms with van der Waals surface area (Å²) < 4.78 is 0. The van der Waals surface area contributed by atoms with Crippen LogP contribution >= 0.6 is 0 Å². The zero-order valence-electron chi connectivity index (χ0n) is 8.78. The van der Waals surface area contributed by atoms with Gasteiger partial charge in [0.25, 0.3) is 0 Å². The van der Waals surface area contributed by atoms with Crippen molar-refractivity contribution in [1.29, 1.82) is 0 Å². The molecule has 2 aliphatic rings. The number of hydrogen-bond donors (Lipinski definition) is 1. The molecule has 0 aromatic carbocycles. The molecule has 2 fully saturated rings. The van der Waals surface area contributed by atoms with Crippen molar-refractivity contribution in [1.82, 2.24) is 4.90 Å². The molecule has 0 spiro atoms. The topological polar surface area (TPSA) is 40.5 Å². The van der Waals surface area contributed by atoms with Crippen LogP contribution in [-0.4, -0.2) is 35.1 Å². The minimum absolute atomic E-state index is 0.0885. The van der Waals surface area contributed by atoms with Crippen LogP contribution in [0.4, 0.5) is 0 Å². The maximum atomic E-state index is 11.3. The molecule has 1 saturated heterocycles. The van der Waals surface area contributed by atoms with Crippen LogP contribution in [0, 0.1) is 5.92 Å². The molecule has 3 nitrogen and oxygen atoms in total. The molecule has 2 atom stereocenters. The monoisotopic (exact) mass is 197 g/mol. The second-order valence-electron chi connectivity index (χ2n) is 4.65. The summed E-state index contributed by atoms with van der Waals surface area (Å²) in [6.45, 7) is 0. The van der Waals surface area contributed by atoms with Crippen LogP contribution in [0.15, 0.2) is 0 Å². The molecular formula is C11H19NO2. The van der Waals surface area contributed by atoms with Crippen LogP contribution in [0.2, 0.25) is 0 Å². The summed E-state index contributed by atoms with van der Waals surface area (Å²) in [4.78, 5) is 13.1. The Hall–Kier alpha value is -0.570. The third-order valence-corrected chi connectivity index (χ3v) is 3.82. The number of hydrogen-bond acceptors (Lipinski definition) is 2. The van der Waals surface area contributed by atoms with Gasteiger partial charge in [-0.1, -0.05) is 12.8 Å². The van der Waals surface area contributed by atoms with Gasteiger partial charge in [-0.25, -0.2) is 0 Å². The zero-order chi connectivity index (χ0) is 10.1. The molecule has 1 aliphatic carbocycles. The van der Waals surface area contributed by atoms with Gasteiger partial charge in [0.15, 0.2) is 0 Å². The van der Waals surface area contributed by atoms with Gasteiger partial charge in [-0.15, -0.1) is 0 Å². The first-order valence-electron chi connectivity index (χ1n) is 5.64. The molecule has 1 aliphatic heterocycles. The molecule has 1 saturated carbocycles. The number of rotatable bonds is 2. The maximum Gasteiger partial charge on any atom is 0.222 e. The van der Waals surface area contributed by atoms with E-state index in [4.69, 9.17) is 0 Å². The number of carbonyl (C=O) groups is 1. The third kappa shape index (κ3) is 1.65. The van der Waals surface area contributed by atoms with Crippen molar-refractivity contribution in [3.63, 3.8) is 0 Å². The van der Waals surface area contributed by atoms with Gasteiger partial charge < -0.3 is 10.0 Å². The second-order valence-corrected chi connectivity index (χ2v) is 4.65. The quantitative estimate of drug-likeness (QED) is 0.721. The minimum atomic E-state index is -0.283. The average Bonchev–Trinajstić information content (AvgIpc) is 2.77. The van der Waals surface area contributed by atoms with E-state index in [1.54, 1.807) is 4.90 Å². The SMILES string of the molecule is CN1C(=O)CCC1C(O)C1CCCC1. The Morgan fingerprint density at radius 3 is 2.50 bits per heavy atom. The molecule has 1 heterocycles. The fourth-order valence-corrected chi connectivity index (χ4v) is 2.84. The predicted octanol–water partition coefficient (Wildman–Crippen LogP) is 1.16. The maximum absolute atomic E-state index is 11.3. The number of aliphatic hydroxyl groups is 1. The highest BCUT2D eigenvalue weighted by Gasteiger charge is 2.37. The lowest BCUT2D eigenvalue weighted by molar-refractivity contribution is -0.129. The Morgan fingerprint density at radius 2 is 2.00 bits per heavy atom. The van der Waals surface area contributed by atoms with Crippen molar-refractivity contribution in [2.75, 3.05) is 7.05 Å². The van der Waals surface area contributed by atoms with Crippen LogP contribution in [0.3, 0.4) is 0 Å². The lowest BCUT2D eigenvalue weighted by Crippen LogP contribution is -2.41. The molecule has 2 rings (SSSR count). The summed E-state index contributed by atoms with van der Waals surface area (Å²) in [5, 5.41) is 10.1. The molecule has 0 aromatic rings. The van der Waals surface area contributed by atoms with E-state index in [2.05, 4.69) is 0 Å². The number of aliphatic hydroxyl groups excluding tert-OH is 1. The molecule has 2 unspecified atom stereocenters. The summed E-state index contributed by atoms with van der Waals surface area (Å²) >= 11 is 0. The van der Waals surface area contributed by atoms with Crippen LogP contribution < -0.4 is 0 Å². The molecule has 0 bridgehead atoms. The van der Waals surface area contributed by atoms with E-state index in [1.807, 2.05) is 7.05 Å². The molecule has 0 aromatic heterocycles. The lowest BCUT2D eigenvalue weighted by atomic mass is 9.93. The van der Waals surface area contributed by atoms with Gasteiger partial charge >= 0.3 is 0 Å². The zero-order valence-corrected chi connectivity index (χ0v) is 8.78. The van der Waals surface area contributed by atoms with E-state index in [1.165, 1.54) is 12.8 Å². The number of likely N-dealkylation sites (N-methyl/N-ethyl adjacent to an activating group) is 1. The number of amides is 1. The number of likely N-dealkylation sites (tertiary alicyclic amines) is 1. The molecule has 14 heavy (non-hydrogen) atoms. The van der Waals surface area contributed by atoms with Gasteiger partial charge in [-0.3, -0.25) is 4.79 Å². The third-order valence-electron chi connectivity index (χ3n) is 3.82. The van der Waals surface area contributed by atoms with Crippen molar-refractivity contribution >= 4 is 5.91 Å². The Kier molecular flexibility index (Phi) is 2.77. The van der Waals surface area contributed by atoms with Gasteiger partial charge in [0, 0.05) is 13.5 Å². The summed E-state index contributed by atoms with van der Waals surface area (Å²) in [6.07, 6.45) is 5.93. The van der Waals surface area contributed by atoms with Crippen molar-refractivity contribution in [2.45, 2.75) is 50.7 Å². The van der Waals surface area contributed by atoms with Crippen LogP contribution in [0.25, 0.3) is 0 Å². The minimum Gasteiger partial charge on any atom is -0.391 e. The van der Waals surface area contributed by atoms with Gasteiger partial charge in [-0.05, 0) is 25.2 Å². The number of nitrogens with zero attached hydrogens (tertiary/aromatic N) is 1. The predicted molar refractivity (Wildman–Crippen MR) is 53.8 cm³/mol. The van der Waals surface area contributed by atoms with Crippen molar-refractivity contribution in [3.8, 4) is 0 Å². The molecule has 0 radical (unpaired) electrons. The highest BCUT2D eigenvalue weighted by atomic mass is 16.3.